The Kier molecular flexibility index (Phi) is 6.39. The van der Waals surface area contributed by atoms with E-state index in [1.54, 1.807) is 14.2 Å². The molecular formula is C15H23NO2S2. The molecule has 0 amide bonds. The van der Waals surface area contributed by atoms with E-state index in [9.17, 15) is 0 Å². The summed E-state index contributed by atoms with van der Waals surface area (Å²) in [6.07, 6.45) is 0. The Morgan fingerprint density at radius 3 is 2.75 bits per heavy atom. The molecule has 112 valence electrons. The van der Waals surface area contributed by atoms with Gasteiger partial charge >= 0.3 is 0 Å². The van der Waals surface area contributed by atoms with Gasteiger partial charge in [-0.3, -0.25) is 0 Å². The Morgan fingerprint density at radius 1 is 1.30 bits per heavy atom. The minimum absolute atomic E-state index is 0.308. The van der Waals surface area contributed by atoms with Crippen molar-refractivity contribution in [3.63, 3.8) is 0 Å². The Labute approximate surface area is 130 Å². The van der Waals surface area contributed by atoms with Gasteiger partial charge in [-0.1, -0.05) is 6.92 Å². The minimum atomic E-state index is 0.308. The van der Waals surface area contributed by atoms with Gasteiger partial charge in [-0.25, -0.2) is 0 Å². The molecule has 2 rings (SSSR count). The van der Waals surface area contributed by atoms with Crippen LogP contribution in [0, 0.1) is 0 Å². The number of benzene rings is 1. The van der Waals surface area contributed by atoms with E-state index in [0.29, 0.717) is 11.3 Å². The van der Waals surface area contributed by atoms with E-state index in [-0.39, 0.29) is 0 Å². The van der Waals surface area contributed by atoms with Crippen molar-refractivity contribution in [1.82, 2.24) is 5.32 Å². The summed E-state index contributed by atoms with van der Waals surface area (Å²) in [5, 5.41) is 4.20. The van der Waals surface area contributed by atoms with E-state index in [4.69, 9.17) is 9.47 Å². The summed E-state index contributed by atoms with van der Waals surface area (Å²) in [4.78, 5) is 0. The Hall–Kier alpha value is -0.520. The molecule has 0 bridgehead atoms. The Morgan fingerprint density at radius 2 is 2.15 bits per heavy atom. The highest BCUT2D eigenvalue weighted by Gasteiger charge is 2.28. The summed E-state index contributed by atoms with van der Waals surface area (Å²) in [6.45, 7) is 3.10. The normalized spacial score (nSPS) is 20.4. The van der Waals surface area contributed by atoms with Gasteiger partial charge in [-0.05, 0) is 24.7 Å². The lowest BCUT2D eigenvalue weighted by Crippen LogP contribution is -2.33. The summed E-state index contributed by atoms with van der Waals surface area (Å²) >= 11 is 4.10. The molecule has 1 aliphatic heterocycles. The summed E-state index contributed by atoms with van der Waals surface area (Å²) in [5.41, 5.74) is 1.20. The fraction of sp³-hybridized carbons (Fsp3) is 0.600. The molecule has 1 saturated heterocycles. The molecule has 1 heterocycles. The quantitative estimate of drug-likeness (QED) is 0.871. The largest absolute Gasteiger partial charge is 0.497 e. The van der Waals surface area contributed by atoms with Gasteiger partial charge in [0.05, 0.1) is 14.2 Å². The van der Waals surface area contributed by atoms with Crippen LogP contribution in [-0.4, -0.2) is 43.3 Å². The van der Waals surface area contributed by atoms with E-state index < -0.39 is 0 Å². The van der Waals surface area contributed by atoms with Gasteiger partial charge in [0.1, 0.15) is 11.5 Å². The molecule has 2 unspecified atom stereocenters. The van der Waals surface area contributed by atoms with Crippen LogP contribution < -0.4 is 14.8 Å². The molecule has 0 radical (unpaired) electrons. The topological polar surface area (TPSA) is 30.5 Å². The van der Waals surface area contributed by atoms with Crippen molar-refractivity contribution in [3.8, 4) is 11.5 Å². The van der Waals surface area contributed by atoms with E-state index in [0.717, 1.165) is 18.0 Å². The van der Waals surface area contributed by atoms with Crippen molar-refractivity contribution >= 4 is 23.5 Å². The second kappa shape index (κ2) is 8.05. The molecule has 0 aliphatic carbocycles. The first-order chi connectivity index (χ1) is 9.80. The second-order valence-electron chi connectivity index (χ2n) is 4.63. The molecule has 1 N–H and O–H groups in total. The maximum absolute atomic E-state index is 5.55. The minimum Gasteiger partial charge on any atom is -0.497 e. The zero-order valence-corrected chi connectivity index (χ0v) is 14.0. The summed E-state index contributed by atoms with van der Waals surface area (Å²) in [5.74, 6) is 5.49. The molecule has 0 saturated carbocycles. The lowest BCUT2D eigenvalue weighted by molar-refractivity contribution is 0.389. The number of hydrogen-bond acceptors (Lipinski definition) is 5. The van der Waals surface area contributed by atoms with Crippen molar-refractivity contribution in [2.45, 2.75) is 18.2 Å². The van der Waals surface area contributed by atoms with Gasteiger partial charge < -0.3 is 14.8 Å². The predicted molar refractivity (Wildman–Crippen MR) is 89.5 cm³/mol. The third kappa shape index (κ3) is 3.77. The van der Waals surface area contributed by atoms with E-state index in [1.807, 2.05) is 23.9 Å². The molecule has 1 aromatic carbocycles. The van der Waals surface area contributed by atoms with Crippen LogP contribution in [0.3, 0.4) is 0 Å². The first-order valence-electron chi connectivity index (χ1n) is 6.94. The van der Waals surface area contributed by atoms with Crippen molar-refractivity contribution < 1.29 is 9.47 Å². The number of rotatable bonds is 6. The molecule has 1 fully saturated rings. The highest BCUT2D eigenvalue weighted by molar-refractivity contribution is 8.06. The molecule has 1 aliphatic rings. The van der Waals surface area contributed by atoms with Crippen LogP contribution in [0.25, 0.3) is 0 Å². The van der Waals surface area contributed by atoms with E-state index in [1.165, 1.54) is 22.8 Å². The number of methoxy groups -OCH3 is 2. The van der Waals surface area contributed by atoms with Crippen LogP contribution in [-0.2, 0) is 0 Å². The highest BCUT2D eigenvalue weighted by atomic mass is 32.2. The fourth-order valence-electron chi connectivity index (χ4n) is 2.44. The van der Waals surface area contributed by atoms with Crippen LogP contribution in [0.15, 0.2) is 18.2 Å². The van der Waals surface area contributed by atoms with Gasteiger partial charge in [0, 0.05) is 34.1 Å². The van der Waals surface area contributed by atoms with Crippen LogP contribution in [0.5, 0.6) is 11.5 Å². The molecule has 20 heavy (non-hydrogen) atoms. The van der Waals surface area contributed by atoms with Gasteiger partial charge in [0.25, 0.3) is 0 Å². The van der Waals surface area contributed by atoms with Gasteiger partial charge in [-0.15, -0.1) is 0 Å². The van der Waals surface area contributed by atoms with E-state index >= 15 is 0 Å². The number of nitrogens with one attached hydrogen (secondary N) is 1. The Balaban J connectivity index is 2.30. The van der Waals surface area contributed by atoms with Gasteiger partial charge in [0.15, 0.2) is 0 Å². The van der Waals surface area contributed by atoms with Crippen LogP contribution >= 0.6 is 23.5 Å². The Bertz CT molecular complexity index is 422. The second-order valence-corrected chi connectivity index (χ2v) is 7.12. The zero-order valence-electron chi connectivity index (χ0n) is 12.3. The third-order valence-electron chi connectivity index (χ3n) is 3.41. The molecule has 3 nitrogen and oxygen atoms in total. The standard InChI is InChI=1S/C15H23NO2S2/c1-4-16-15(14-10-19-7-8-20-14)12-9-11(17-2)5-6-13(12)18-3/h5-6,9,14-16H,4,7-8,10H2,1-3H3. The zero-order chi connectivity index (χ0) is 14.4. The molecule has 0 aromatic heterocycles. The lowest BCUT2D eigenvalue weighted by Gasteiger charge is -2.31. The van der Waals surface area contributed by atoms with E-state index in [2.05, 4.69) is 30.1 Å². The summed E-state index contributed by atoms with van der Waals surface area (Å²) < 4.78 is 10.9. The van der Waals surface area contributed by atoms with Crippen LogP contribution in [0.2, 0.25) is 0 Å². The van der Waals surface area contributed by atoms with Gasteiger partial charge in [0.2, 0.25) is 0 Å². The smallest absolute Gasteiger partial charge is 0.123 e. The monoisotopic (exact) mass is 313 g/mol. The average molecular weight is 313 g/mol. The molecule has 0 spiro atoms. The molecular weight excluding hydrogens is 290 g/mol. The number of hydrogen-bond donors (Lipinski definition) is 1. The van der Waals surface area contributed by atoms with Gasteiger partial charge in [-0.2, -0.15) is 23.5 Å². The first kappa shape index (κ1) is 15.9. The number of thioether (sulfide) groups is 2. The summed E-state index contributed by atoms with van der Waals surface area (Å²) in [6, 6.07) is 6.36. The molecule has 1 aromatic rings. The van der Waals surface area contributed by atoms with Crippen LogP contribution in [0.1, 0.15) is 18.5 Å². The molecule has 5 heteroatoms. The fourth-order valence-corrected chi connectivity index (χ4v) is 5.30. The van der Waals surface area contributed by atoms with Crippen LogP contribution in [0.4, 0.5) is 0 Å². The van der Waals surface area contributed by atoms with Crippen molar-refractivity contribution in [2.24, 2.45) is 0 Å². The maximum atomic E-state index is 5.55. The lowest BCUT2D eigenvalue weighted by atomic mass is 10.0. The average Bonchev–Trinajstić information content (AvgIpc) is 2.53. The van der Waals surface area contributed by atoms with Crippen molar-refractivity contribution in [2.75, 3.05) is 38.0 Å². The first-order valence-corrected chi connectivity index (χ1v) is 9.15. The van der Waals surface area contributed by atoms with Crippen molar-refractivity contribution in [1.29, 1.82) is 0 Å². The summed E-state index contributed by atoms with van der Waals surface area (Å²) in [7, 11) is 3.44. The highest BCUT2D eigenvalue weighted by Crippen LogP contribution is 2.38. The SMILES string of the molecule is CCNC(c1cc(OC)ccc1OC)C1CSCCS1. The molecule has 2 atom stereocenters. The predicted octanol–water partition coefficient (Wildman–Crippen LogP) is 3.20. The van der Waals surface area contributed by atoms with Crippen molar-refractivity contribution in [3.05, 3.63) is 23.8 Å². The third-order valence-corrected chi connectivity index (χ3v) is 6.27. The maximum Gasteiger partial charge on any atom is 0.123 e. The number of ether oxygens (including phenoxy) is 2.